The van der Waals surface area contributed by atoms with E-state index in [2.05, 4.69) is 5.32 Å². The molecule has 0 saturated carbocycles. The first-order valence-corrected chi connectivity index (χ1v) is 4.60. The van der Waals surface area contributed by atoms with Crippen LogP contribution < -0.4 is 10.4 Å². The number of carbonyl (C=O) groups excluding carboxylic acids is 2. The Bertz CT molecular complexity index is 247. The third-order valence-corrected chi connectivity index (χ3v) is 1.73. The van der Waals surface area contributed by atoms with Gasteiger partial charge in [0.25, 0.3) is 0 Å². The third-order valence-electron chi connectivity index (χ3n) is 1.73. The fraction of sp³-hybridized carbons (Fsp3) is 0.778. The molecule has 0 heterocycles. The Morgan fingerprint density at radius 2 is 1.87 bits per heavy atom. The third kappa shape index (κ3) is 6.03. The van der Waals surface area contributed by atoms with E-state index in [0.29, 0.717) is 4.48 Å². The van der Waals surface area contributed by atoms with Crippen LogP contribution in [0.4, 0.5) is 0 Å². The predicted molar refractivity (Wildman–Crippen MR) is 51.5 cm³/mol. The van der Waals surface area contributed by atoms with E-state index in [1.54, 1.807) is 0 Å². The van der Waals surface area contributed by atoms with Crippen molar-refractivity contribution in [1.82, 2.24) is 5.32 Å². The molecule has 0 unspecified atom stereocenters. The van der Waals surface area contributed by atoms with Gasteiger partial charge in [-0.15, -0.1) is 0 Å². The van der Waals surface area contributed by atoms with E-state index in [1.807, 2.05) is 21.1 Å². The smallest absolute Gasteiger partial charge is 0.217 e. The molecule has 88 valence electrons. The van der Waals surface area contributed by atoms with Crippen molar-refractivity contribution in [2.45, 2.75) is 19.1 Å². The Morgan fingerprint density at radius 3 is 2.13 bits per heavy atom. The lowest BCUT2D eigenvalue weighted by molar-refractivity contribution is -0.873. The molecule has 0 fully saturated rings. The van der Waals surface area contributed by atoms with Crippen LogP contribution in [-0.4, -0.2) is 61.3 Å². The first-order valence-electron chi connectivity index (χ1n) is 4.60. The van der Waals surface area contributed by atoms with Gasteiger partial charge in [-0.05, 0) is 0 Å². The number of aliphatic carboxylic acids is 1. The van der Waals surface area contributed by atoms with Crippen molar-refractivity contribution in [2.24, 2.45) is 0 Å². The van der Waals surface area contributed by atoms with Crippen LogP contribution in [0.5, 0.6) is 0 Å². The summed E-state index contributed by atoms with van der Waals surface area (Å²) in [5.74, 6) is -1.99. The summed E-state index contributed by atoms with van der Waals surface area (Å²) in [4.78, 5) is 21.4. The molecule has 0 aliphatic heterocycles. The Morgan fingerprint density at radius 1 is 1.40 bits per heavy atom. The Kier molecular flexibility index (Phi) is 4.70. The van der Waals surface area contributed by atoms with Gasteiger partial charge in [-0.1, -0.05) is 0 Å². The maximum Gasteiger partial charge on any atom is 0.217 e. The summed E-state index contributed by atoms with van der Waals surface area (Å²) in [6.07, 6.45) is -1.17. The van der Waals surface area contributed by atoms with Crippen molar-refractivity contribution in [2.75, 3.05) is 27.7 Å². The zero-order valence-corrected chi connectivity index (χ0v) is 9.48. The molecular weight excluding hydrogens is 200 g/mol. The van der Waals surface area contributed by atoms with Crippen molar-refractivity contribution < 1.29 is 24.3 Å². The number of likely N-dealkylation sites (N-methyl/N-ethyl adjacent to an activating group) is 1. The van der Waals surface area contributed by atoms with Crippen LogP contribution in [0.2, 0.25) is 0 Å². The Labute approximate surface area is 89.1 Å². The highest BCUT2D eigenvalue weighted by molar-refractivity contribution is 5.81. The van der Waals surface area contributed by atoms with Crippen LogP contribution in [-0.2, 0) is 9.59 Å². The zero-order valence-electron chi connectivity index (χ0n) is 9.48. The maximum absolute atomic E-state index is 10.7. The minimum absolute atomic E-state index is 0.207. The lowest BCUT2D eigenvalue weighted by Gasteiger charge is -2.31. The van der Waals surface area contributed by atoms with Crippen molar-refractivity contribution >= 4 is 11.9 Å². The van der Waals surface area contributed by atoms with Gasteiger partial charge in [-0.25, -0.2) is 0 Å². The molecule has 0 aliphatic rings. The van der Waals surface area contributed by atoms with Gasteiger partial charge in [0.15, 0.2) is 0 Å². The molecule has 0 aliphatic carbocycles. The molecule has 1 amide bonds. The SMILES string of the molecule is CC(=O)N[C@@H](C(=O)[O-])[C@H](O)C[N+](C)(C)C. The molecule has 0 spiro atoms. The molecule has 0 bridgehead atoms. The van der Waals surface area contributed by atoms with Crippen molar-refractivity contribution in [3.63, 3.8) is 0 Å². The topological polar surface area (TPSA) is 89.5 Å². The summed E-state index contributed by atoms with van der Waals surface area (Å²) in [6.45, 7) is 1.40. The number of hydrogen-bond acceptors (Lipinski definition) is 4. The van der Waals surface area contributed by atoms with Gasteiger partial charge in [0.05, 0.1) is 33.2 Å². The monoisotopic (exact) mass is 218 g/mol. The highest BCUT2D eigenvalue weighted by atomic mass is 16.4. The summed E-state index contributed by atoms with van der Waals surface area (Å²) in [5.41, 5.74) is 0. The van der Waals surface area contributed by atoms with Crippen LogP contribution in [0, 0.1) is 0 Å². The molecule has 6 heteroatoms. The summed E-state index contributed by atoms with van der Waals surface area (Å²) < 4.78 is 0.393. The van der Waals surface area contributed by atoms with Gasteiger partial charge in [-0.2, -0.15) is 0 Å². The second-order valence-corrected chi connectivity index (χ2v) is 4.54. The average Bonchev–Trinajstić information content (AvgIpc) is 1.95. The molecule has 0 saturated heterocycles. The molecule has 0 aromatic carbocycles. The largest absolute Gasteiger partial charge is 0.548 e. The van der Waals surface area contributed by atoms with Crippen LogP contribution in [0.3, 0.4) is 0 Å². The number of nitrogens with one attached hydrogen (secondary N) is 1. The number of rotatable bonds is 5. The van der Waals surface area contributed by atoms with E-state index in [4.69, 9.17) is 0 Å². The zero-order chi connectivity index (χ0) is 12.2. The fourth-order valence-electron chi connectivity index (χ4n) is 1.20. The van der Waals surface area contributed by atoms with E-state index >= 15 is 0 Å². The second-order valence-electron chi connectivity index (χ2n) is 4.54. The second kappa shape index (κ2) is 5.09. The van der Waals surface area contributed by atoms with E-state index in [1.165, 1.54) is 6.92 Å². The normalized spacial score (nSPS) is 15.5. The van der Waals surface area contributed by atoms with Gasteiger partial charge in [0.1, 0.15) is 12.6 Å². The number of hydrogen-bond donors (Lipinski definition) is 2. The molecular formula is C9H18N2O4. The summed E-state index contributed by atoms with van der Waals surface area (Å²) in [6, 6.07) is -1.36. The first-order chi connectivity index (χ1) is 6.63. The number of carboxylic acid groups (broad SMARTS) is 1. The fourth-order valence-corrected chi connectivity index (χ4v) is 1.20. The molecule has 0 radical (unpaired) electrons. The van der Waals surface area contributed by atoms with Crippen LogP contribution >= 0.6 is 0 Å². The number of aliphatic hydroxyl groups excluding tert-OH is 1. The molecule has 0 rings (SSSR count). The number of carboxylic acids is 1. The number of nitrogens with zero attached hydrogens (tertiary/aromatic N) is 1. The maximum atomic E-state index is 10.7. The number of amides is 1. The highest BCUT2D eigenvalue weighted by Gasteiger charge is 2.26. The van der Waals surface area contributed by atoms with Gasteiger partial charge in [0, 0.05) is 6.92 Å². The lowest BCUT2D eigenvalue weighted by Crippen LogP contribution is -2.58. The Balaban J connectivity index is 4.49. The van der Waals surface area contributed by atoms with Crippen LogP contribution in [0.15, 0.2) is 0 Å². The van der Waals surface area contributed by atoms with Crippen molar-refractivity contribution in [3.8, 4) is 0 Å². The minimum Gasteiger partial charge on any atom is -0.548 e. The molecule has 6 nitrogen and oxygen atoms in total. The van der Waals surface area contributed by atoms with E-state index in [9.17, 15) is 19.8 Å². The quantitative estimate of drug-likeness (QED) is 0.492. The standard InChI is InChI=1S/C9H18N2O4/c1-6(12)10-8(9(14)15)7(13)5-11(2,3)4/h7-8,13H,5H2,1-4H3,(H-,10,12,14,15)/t7-,8-/m1/s1. The molecule has 2 atom stereocenters. The molecule has 0 aromatic heterocycles. The van der Waals surface area contributed by atoms with E-state index in [0.717, 1.165) is 0 Å². The minimum atomic E-state index is -1.48. The average molecular weight is 218 g/mol. The van der Waals surface area contributed by atoms with Crippen molar-refractivity contribution in [1.29, 1.82) is 0 Å². The summed E-state index contributed by atoms with van der Waals surface area (Å²) in [7, 11) is 5.43. The van der Waals surface area contributed by atoms with Gasteiger partial charge in [0.2, 0.25) is 5.91 Å². The van der Waals surface area contributed by atoms with Gasteiger partial charge in [-0.3, -0.25) is 4.79 Å². The van der Waals surface area contributed by atoms with Crippen molar-refractivity contribution in [3.05, 3.63) is 0 Å². The first kappa shape index (κ1) is 13.9. The highest BCUT2D eigenvalue weighted by Crippen LogP contribution is 2.00. The molecule has 15 heavy (non-hydrogen) atoms. The Hall–Kier alpha value is -1.14. The number of carbonyl (C=O) groups is 2. The van der Waals surface area contributed by atoms with Crippen LogP contribution in [0.1, 0.15) is 6.92 Å². The van der Waals surface area contributed by atoms with Gasteiger partial charge >= 0.3 is 0 Å². The lowest BCUT2D eigenvalue weighted by atomic mass is 10.1. The van der Waals surface area contributed by atoms with E-state index in [-0.39, 0.29) is 6.54 Å². The summed E-state index contributed by atoms with van der Waals surface area (Å²) in [5, 5.41) is 22.4. The summed E-state index contributed by atoms with van der Waals surface area (Å²) >= 11 is 0. The number of aliphatic hydroxyl groups is 1. The van der Waals surface area contributed by atoms with Gasteiger partial charge < -0.3 is 24.8 Å². The molecule has 2 N–H and O–H groups in total. The van der Waals surface area contributed by atoms with Crippen LogP contribution in [0.25, 0.3) is 0 Å². The predicted octanol–water partition coefficient (Wildman–Crippen LogP) is -2.69. The molecule has 0 aromatic rings. The number of quaternary nitrogens is 1. The van der Waals surface area contributed by atoms with E-state index < -0.39 is 24.0 Å².